The van der Waals surface area contributed by atoms with Crippen LogP contribution >= 0.6 is 0 Å². The van der Waals surface area contributed by atoms with Gasteiger partial charge in [0, 0.05) is 19.7 Å². The summed E-state index contributed by atoms with van der Waals surface area (Å²) in [6.07, 6.45) is -0.444. The molecule has 3 nitrogen and oxygen atoms in total. The fourth-order valence-corrected chi connectivity index (χ4v) is 2.27. The maximum Gasteiger partial charge on any atom is 0.0916 e. The summed E-state index contributed by atoms with van der Waals surface area (Å²) in [7, 11) is 0. The molecule has 1 unspecified atom stereocenters. The van der Waals surface area contributed by atoms with E-state index in [9.17, 15) is 5.11 Å². The molecule has 1 N–H and O–H groups in total. The van der Waals surface area contributed by atoms with Crippen molar-refractivity contribution >= 4 is 0 Å². The van der Waals surface area contributed by atoms with Crippen LogP contribution in [0.2, 0.25) is 0 Å². The zero-order valence-electron chi connectivity index (χ0n) is 14.2. The molecular weight excluding hydrogens is 262 g/mol. The molecule has 1 atom stereocenters. The molecule has 0 bridgehead atoms. The van der Waals surface area contributed by atoms with E-state index in [1.807, 2.05) is 19.1 Å². The first kappa shape index (κ1) is 18.1. The Morgan fingerprint density at radius 3 is 2.24 bits per heavy atom. The Morgan fingerprint density at radius 2 is 1.76 bits per heavy atom. The van der Waals surface area contributed by atoms with Crippen molar-refractivity contribution < 1.29 is 9.84 Å². The fraction of sp³-hybridized carbons (Fsp3) is 0.667. The highest BCUT2D eigenvalue weighted by molar-refractivity contribution is 5.28. The van der Waals surface area contributed by atoms with Crippen molar-refractivity contribution in [1.82, 2.24) is 4.90 Å². The van der Waals surface area contributed by atoms with E-state index in [0.29, 0.717) is 6.54 Å². The average Bonchev–Trinajstić information content (AvgIpc) is 2.45. The summed E-state index contributed by atoms with van der Waals surface area (Å²) >= 11 is 0. The van der Waals surface area contributed by atoms with Crippen LogP contribution in [0.25, 0.3) is 0 Å². The maximum atomic E-state index is 10.4. The first-order valence-electron chi connectivity index (χ1n) is 7.97. The van der Waals surface area contributed by atoms with Gasteiger partial charge in [-0.15, -0.1) is 0 Å². The minimum absolute atomic E-state index is 0.149. The van der Waals surface area contributed by atoms with Crippen molar-refractivity contribution in [2.24, 2.45) is 0 Å². The average molecular weight is 293 g/mol. The van der Waals surface area contributed by atoms with Gasteiger partial charge in [-0.3, -0.25) is 4.90 Å². The Kier molecular flexibility index (Phi) is 7.36. The SMILES string of the molecule is CCOCCN(CC)CC(O)c1ccc(C(C)(C)C)cc1. The second-order valence-corrected chi connectivity index (χ2v) is 6.48. The Balaban J connectivity index is 2.59. The molecule has 3 heteroatoms. The lowest BCUT2D eigenvalue weighted by Gasteiger charge is -2.24. The molecule has 0 saturated heterocycles. The topological polar surface area (TPSA) is 32.7 Å². The number of likely N-dealkylation sites (N-methyl/N-ethyl adjacent to an activating group) is 1. The van der Waals surface area contributed by atoms with E-state index in [0.717, 1.165) is 31.9 Å². The molecule has 0 radical (unpaired) electrons. The van der Waals surface area contributed by atoms with Crippen LogP contribution in [0.4, 0.5) is 0 Å². The molecule has 0 aromatic heterocycles. The number of benzene rings is 1. The molecule has 0 amide bonds. The highest BCUT2D eigenvalue weighted by Gasteiger charge is 2.16. The molecule has 0 aliphatic carbocycles. The van der Waals surface area contributed by atoms with Crippen LogP contribution in [0.15, 0.2) is 24.3 Å². The molecule has 1 aromatic carbocycles. The lowest BCUT2D eigenvalue weighted by Crippen LogP contribution is -2.31. The predicted octanol–water partition coefficient (Wildman–Crippen LogP) is 3.38. The largest absolute Gasteiger partial charge is 0.387 e. The van der Waals surface area contributed by atoms with Crippen LogP contribution in [0.1, 0.15) is 51.8 Å². The lowest BCUT2D eigenvalue weighted by molar-refractivity contribution is 0.0792. The van der Waals surface area contributed by atoms with Crippen molar-refractivity contribution in [2.75, 3.05) is 32.8 Å². The molecule has 0 spiro atoms. The number of hydrogen-bond donors (Lipinski definition) is 1. The van der Waals surface area contributed by atoms with Crippen molar-refractivity contribution in [3.8, 4) is 0 Å². The van der Waals surface area contributed by atoms with Gasteiger partial charge in [0.05, 0.1) is 12.7 Å². The van der Waals surface area contributed by atoms with Gasteiger partial charge in [0.2, 0.25) is 0 Å². The fourth-order valence-electron chi connectivity index (χ4n) is 2.27. The molecule has 1 rings (SSSR count). The maximum absolute atomic E-state index is 10.4. The number of hydrogen-bond acceptors (Lipinski definition) is 3. The summed E-state index contributed by atoms with van der Waals surface area (Å²) in [4.78, 5) is 2.22. The minimum atomic E-state index is -0.444. The molecule has 120 valence electrons. The third kappa shape index (κ3) is 6.16. The van der Waals surface area contributed by atoms with E-state index in [2.05, 4.69) is 44.7 Å². The molecule has 0 saturated carbocycles. The van der Waals surface area contributed by atoms with Crippen LogP contribution in [-0.4, -0.2) is 42.9 Å². The smallest absolute Gasteiger partial charge is 0.0916 e. The molecule has 1 aromatic rings. The van der Waals surface area contributed by atoms with Crippen LogP contribution in [0.3, 0.4) is 0 Å². The third-order valence-corrected chi connectivity index (χ3v) is 3.80. The van der Waals surface area contributed by atoms with Crippen molar-refractivity contribution in [3.05, 3.63) is 35.4 Å². The van der Waals surface area contributed by atoms with Crippen LogP contribution in [0.5, 0.6) is 0 Å². The Hall–Kier alpha value is -0.900. The van der Waals surface area contributed by atoms with E-state index in [1.165, 1.54) is 5.56 Å². The van der Waals surface area contributed by atoms with E-state index in [-0.39, 0.29) is 5.41 Å². The van der Waals surface area contributed by atoms with E-state index in [4.69, 9.17) is 4.74 Å². The van der Waals surface area contributed by atoms with Gasteiger partial charge in [-0.05, 0) is 30.0 Å². The number of ether oxygens (including phenoxy) is 1. The molecule has 21 heavy (non-hydrogen) atoms. The second kappa shape index (κ2) is 8.52. The van der Waals surface area contributed by atoms with Crippen LogP contribution in [0, 0.1) is 0 Å². The van der Waals surface area contributed by atoms with Gasteiger partial charge in [-0.2, -0.15) is 0 Å². The number of aliphatic hydroxyl groups excluding tert-OH is 1. The van der Waals surface area contributed by atoms with Gasteiger partial charge < -0.3 is 9.84 Å². The molecule has 0 aliphatic rings. The number of nitrogens with zero attached hydrogens (tertiary/aromatic N) is 1. The van der Waals surface area contributed by atoms with E-state index >= 15 is 0 Å². The van der Waals surface area contributed by atoms with Crippen molar-refractivity contribution in [2.45, 2.75) is 46.1 Å². The van der Waals surface area contributed by atoms with Gasteiger partial charge in [0.25, 0.3) is 0 Å². The normalized spacial score (nSPS) is 13.7. The van der Waals surface area contributed by atoms with Gasteiger partial charge in [0.1, 0.15) is 0 Å². The summed E-state index contributed by atoms with van der Waals surface area (Å²) in [5.41, 5.74) is 2.43. The minimum Gasteiger partial charge on any atom is -0.387 e. The summed E-state index contributed by atoms with van der Waals surface area (Å²) in [6.45, 7) is 14.6. The Labute approximate surface area is 129 Å². The van der Waals surface area contributed by atoms with Gasteiger partial charge >= 0.3 is 0 Å². The molecule has 0 heterocycles. The van der Waals surface area contributed by atoms with Gasteiger partial charge in [-0.1, -0.05) is 52.0 Å². The summed E-state index contributed by atoms with van der Waals surface area (Å²) in [5.74, 6) is 0. The van der Waals surface area contributed by atoms with E-state index < -0.39 is 6.10 Å². The summed E-state index contributed by atoms with van der Waals surface area (Å²) < 4.78 is 5.38. The highest BCUT2D eigenvalue weighted by atomic mass is 16.5. The number of aliphatic hydroxyl groups is 1. The quantitative estimate of drug-likeness (QED) is 0.746. The Bertz CT molecular complexity index is 395. The summed E-state index contributed by atoms with van der Waals surface area (Å²) in [6, 6.07) is 8.33. The lowest BCUT2D eigenvalue weighted by atomic mass is 9.86. The first-order chi connectivity index (χ1) is 9.88. The highest BCUT2D eigenvalue weighted by Crippen LogP contribution is 2.24. The van der Waals surface area contributed by atoms with Crippen LogP contribution < -0.4 is 0 Å². The zero-order chi connectivity index (χ0) is 15.9. The van der Waals surface area contributed by atoms with Crippen molar-refractivity contribution in [3.63, 3.8) is 0 Å². The second-order valence-electron chi connectivity index (χ2n) is 6.48. The van der Waals surface area contributed by atoms with Gasteiger partial charge in [-0.25, -0.2) is 0 Å². The van der Waals surface area contributed by atoms with Gasteiger partial charge in [0.15, 0.2) is 0 Å². The zero-order valence-corrected chi connectivity index (χ0v) is 14.2. The predicted molar refractivity (Wildman–Crippen MR) is 88.7 cm³/mol. The standard InChI is InChI=1S/C18H31NO2/c1-6-19(12-13-21-7-2)14-17(20)15-8-10-16(11-9-15)18(3,4)5/h8-11,17,20H,6-7,12-14H2,1-5H3. The first-order valence-corrected chi connectivity index (χ1v) is 7.97. The van der Waals surface area contributed by atoms with Crippen molar-refractivity contribution in [1.29, 1.82) is 0 Å². The van der Waals surface area contributed by atoms with E-state index in [1.54, 1.807) is 0 Å². The Morgan fingerprint density at radius 1 is 1.14 bits per heavy atom. The monoisotopic (exact) mass is 293 g/mol. The third-order valence-electron chi connectivity index (χ3n) is 3.80. The molecular formula is C18H31NO2. The molecule has 0 fully saturated rings. The summed E-state index contributed by atoms with van der Waals surface area (Å²) in [5, 5.41) is 10.4. The number of rotatable bonds is 8. The molecule has 0 aliphatic heterocycles. The van der Waals surface area contributed by atoms with Crippen LogP contribution in [-0.2, 0) is 10.2 Å².